The number of likely N-dealkylation sites (N-methyl/N-ethyl adjacent to an activating group) is 1. The Balaban J connectivity index is 1.92. The largest absolute Gasteiger partial charge is 0.452 e. The lowest BCUT2D eigenvalue weighted by Gasteiger charge is -2.18. The van der Waals surface area contributed by atoms with Crippen molar-refractivity contribution in [3.8, 4) is 0 Å². The zero-order valence-electron chi connectivity index (χ0n) is 14.2. The number of amides is 1. The Hall–Kier alpha value is -2.82. The van der Waals surface area contributed by atoms with Gasteiger partial charge in [-0.2, -0.15) is 0 Å². The third-order valence-electron chi connectivity index (χ3n) is 3.84. The van der Waals surface area contributed by atoms with Crippen LogP contribution in [0.4, 0.5) is 5.69 Å². The number of nitrogens with one attached hydrogen (secondary N) is 1. The Morgan fingerprint density at radius 2 is 1.75 bits per heavy atom. The topological polar surface area (TPSA) is 58.6 Å². The second-order valence-corrected chi connectivity index (χ2v) is 5.55. The first-order chi connectivity index (χ1) is 11.5. The van der Waals surface area contributed by atoms with E-state index in [1.165, 1.54) is 0 Å². The van der Waals surface area contributed by atoms with Crippen LogP contribution in [0.3, 0.4) is 0 Å². The number of rotatable bonds is 6. The van der Waals surface area contributed by atoms with Crippen molar-refractivity contribution in [3.63, 3.8) is 0 Å². The molecule has 1 amide bonds. The maximum absolute atomic E-state index is 12.2. The van der Waals surface area contributed by atoms with Crippen molar-refractivity contribution in [2.45, 2.75) is 13.5 Å². The maximum Gasteiger partial charge on any atom is 0.340 e. The van der Waals surface area contributed by atoms with E-state index >= 15 is 0 Å². The molecule has 0 aliphatic carbocycles. The van der Waals surface area contributed by atoms with E-state index in [1.54, 1.807) is 37.2 Å². The number of benzene rings is 2. The minimum absolute atomic E-state index is 0.242. The van der Waals surface area contributed by atoms with Gasteiger partial charge in [-0.15, -0.1) is 0 Å². The molecule has 0 saturated carbocycles. The first-order valence-corrected chi connectivity index (χ1v) is 7.75. The lowest BCUT2D eigenvalue weighted by molar-refractivity contribution is -0.133. The van der Waals surface area contributed by atoms with E-state index in [1.807, 2.05) is 37.3 Å². The molecule has 0 heterocycles. The van der Waals surface area contributed by atoms with Gasteiger partial charge in [0.15, 0.2) is 6.61 Å². The van der Waals surface area contributed by atoms with Gasteiger partial charge in [-0.1, -0.05) is 36.4 Å². The van der Waals surface area contributed by atoms with Crippen LogP contribution in [0.15, 0.2) is 48.5 Å². The van der Waals surface area contributed by atoms with Crippen LogP contribution in [-0.2, 0) is 16.1 Å². The average Bonchev–Trinajstić information content (AvgIpc) is 2.61. The summed E-state index contributed by atoms with van der Waals surface area (Å²) in [5.41, 5.74) is 3.27. The van der Waals surface area contributed by atoms with Gasteiger partial charge in [-0.05, 0) is 30.2 Å². The number of nitrogens with zero attached hydrogens (tertiary/aromatic N) is 1. The predicted molar refractivity (Wildman–Crippen MR) is 93.9 cm³/mol. The summed E-state index contributed by atoms with van der Waals surface area (Å²) in [6.07, 6.45) is 0. The first kappa shape index (κ1) is 17.5. The van der Waals surface area contributed by atoms with Crippen molar-refractivity contribution in [1.82, 2.24) is 4.90 Å². The summed E-state index contributed by atoms with van der Waals surface area (Å²) in [4.78, 5) is 25.9. The molecule has 5 heteroatoms. The average molecular weight is 326 g/mol. The van der Waals surface area contributed by atoms with Crippen LogP contribution in [0.2, 0.25) is 0 Å². The molecule has 0 aliphatic heterocycles. The van der Waals surface area contributed by atoms with E-state index in [0.717, 1.165) is 11.1 Å². The van der Waals surface area contributed by atoms with E-state index < -0.39 is 5.97 Å². The Morgan fingerprint density at radius 3 is 2.46 bits per heavy atom. The lowest BCUT2D eigenvalue weighted by Crippen LogP contribution is -2.31. The van der Waals surface area contributed by atoms with Crippen LogP contribution in [0.25, 0.3) is 0 Å². The quantitative estimate of drug-likeness (QED) is 0.829. The lowest BCUT2D eigenvalue weighted by atomic mass is 10.1. The number of aryl methyl sites for hydroxylation is 1. The number of carbonyl (C=O) groups excluding carboxylic acids is 2. The van der Waals surface area contributed by atoms with E-state index in [0.29, 0.717) is 17.8 Å². The molecule has 126 valence electrons. The van der Waals surface area contributed by atoms with Gasteiger partial charge in [-0.3, -0.25) is 4.79 Å². The number of para-hydroxylation sites is 1. The van der Waals surface area contributed by atoms with E-state index in [2.05, 4.69) is 5.32 Å². The van der Waals surface area contributed by atoms with Crippen LogP contribution in [-0.4, -0.2) is 37.5 Å². The van der Waals surface area contributed by atoms with Crippen LogP contribution >= 0.6 is 0 Å². The Kier molecular flexibility index (Phi) is 5.95. The summed E-state index contributed by atoms with van der Waals surface area (Å²) in [6.45, 7) is 2.21. The molecule has 0 atom stereocenters. The maximum atomic E-state index is 12.2. The second-order valence-electron chi connectivity index (χ2n) is 5.55. The molecule has 0 aromatic heterocycles. The van der Waals surface area contributed by atoms with Gasteiger partial charge in [0.2, 0.25) is 0 Å². The third kappa shape index (κ3) is 4.35. The Bertz CT molecular complexity index is 728. The molecule has 1 N–H and O–H groups in total. The van der Waals surface area contributed by atoms with Gasteiger partial charge in [0.05, 0.1) is 5.56 Å². The van der Waals surface area contributed by atoms with Crippen LogP contribution in [0.1, 0.15) is 21.5 Å². The van der Waals surface area contributed by atoms with Crippen molar-refractivity contribution in [1.29, 1.82) is 0 Å². The zero-order chi connectivity index (χ0) is 17.5. The number of anilines is 1. The van der Waals surface area contributed by atoms with Crippen molar-refractivity contribution in [2.75, 3.05) is 26.0 Å². The third-order valence-corrected chi connectivity index (χ3v) is 3.84. The van der Waals surface area contributed by atoms with Crippen LogP contribution < -0.4 is 5.32 Å². The van der Waals surface area contributed by atoms with Crippen molar-refractivity contribution < 1.29 is 14.3 Å². The van der Waals surface area contributed by atoms with Crippen LogP contribution in [0, 0.1) is 6.92 Å². The van der Waals surface area contributed by atoms with Crippen molar-refractivity contribution in [3.05, 3.63) is 65.2 Å². The molecule has 5 nitrogen and oxygen atoms in total. The highest BCUT2D eigenvalue weighted by molar-refractivity contribution is 5.96. The number of ether oxygens (including phenoxy) is 1. The zero-order valence-corrected chi connectivity index (χ0v) is 14.2. The molecule has 2 rings (SSSR count). The van der Waals surface area contributed by atoms with Gasteiger partial charge < -0.3 is 15.0 Å². The number of hydrogen-bond acceptors (Lipinski definition) is 4. The molecule has 2 aromatic rings. The highest BCUT2D eigenvalue weighted by atomic mass is 16.5. The molecule has 0 bridgehead atoms. The monoisotopic (exact) mass is 326 g/mol. The fraction of sp³-hybridized carbons (Fsp3) is 0.263. The highest BCUT2D eigenvalue weighted by Gasteiger charge is 2.16. The summed E-state index contributed by atoms with van der Waals surface area (Å²) in [5, 5.41) is 2.93. The van der Waals surface area contributed by atoms with Crippen LogP contribution in [0.5, 0.6) is 0 Å². The SMILES string of the molecule is CNc1ccccc1C(=O)OCC(=O)N(C)Cc1ccccc1C. The summed E-state index contributed by atoms with van der Waals surface area (Å²) >= 11 is 0. The summed E-state index contributed by atoms with van der Waals surface area (Å²) < 4.78 is 5.15. The molecule has 0 radical (unpaired) electrons. The van der Waals surface area contributed by atoms with Gasteiger partial charge in [0, 0.05) is 26.3 Å². The van der Waals surface area contributed by atoms with Crippen molar-refractivity contribution in [2.24, 2.45) is 0 Å². The Morgan fingerprint density at radius 1 is 1.08 bits per heavy atom. The van der Waals surface area contributed by atoms with Gasteiger partial charge in [0.1, 0.15) is 0 Å². The normalized spacial score (nSPS) is 10.1. The van der Waals surface area contributed by atoms with Gasteiger partial charge in [0.25, 0.3) is 5.91 Å². The number of esters is 1. The van der Waals surface area contributed by atoms with Gasteiger partial charge >= 0.3 is 5.97 Å². The molecule has 2 aromatic carbocycles. The molecule has 0 aliphatic rings. The minimum Gasteiger partial charge on any atom is -0.452 e. The molecule has 24 heavy (non-hydrogen) atoms. The molecular formula is C19H22N2O3. The fourth-order valence-electron chi connectivity index (χ4n) is 2.33. The smallest absolute Gasteiger partial charge is 0.340 e. The summed E-state index contributed by atoms with van der Waals surface area (Å²) in [5.74, 6) is -0.758. The molecule has 0 unspecified atom stereocenters. The number of carbonyl (C=O) groups is 2. The summed E-state index contributed by atoms with van der Waals surface area (Å²) in [7, 11) is 3.43. The van der Waals surface area contributed by atoms with E-state index in [4.69, 9.17) is 4.74 Å². The van der Waals surface area contributed by atoms with E-state index in [-0.39, 0.29) is 12.5 Å². The number of hydrogen-bond donors (Lipinski definition) is 1. The summed E-state index contributed by atoms with van der Waals surface area (Å²) in [6, 6.07) is 14.9. The first-order valence-electron chi connectivity index (χ1n) is 7.75. The highest BCUT2D eigenvalue weighted by Crippen LogP contribution is 2.15. The second kappa shape index (κ2) is 8.15. The van der Waals surface area contributed by atoms with Crippen molar-refractivity contribution >= 4 is 17.6 Å². The van der Waals surface area contributed by atoms with Gasteiger partial charge in [-0.25, -0.2) is 4.79 Å². The Labute approximate surface area is 142 Å². The standard InChI is InChI=1S/C19H22N2O3/c1-14-8-4-5-9-15(14)12-21(3)18(22)13-24-19(23)16-10-6-7-11-17(16)20-2/h4-11,20H,12-13H2,1-3H3. The fourth-order valence-corrected chi connectivity index (χ4v) is 2.33. The minimum atomic E-state index is -0.516. The molecule has 0 fully saturated rings. The molecule has 0 saturated heterocycles. The molecular weight excluding hydrogens is 304 g/mol. The molecule has 0 spiro atoms. The van der Waals surface area contributed by atoms with E-state index in [9.17, 15) is 9.59 Å². The predicted octanol–water partition coefficient (Wildman–Crippen LogP) is 2.85.